The first kappa shape index (κ1) is 24.9. The maximum absolute atomic E-state index is 12.7. The van der Waals surface area contributed by atoms with Gasteiger partial charge in [-0.15, -0.1) is 0 Å². The lowest BCUT2D eigenvalue weighted by molar-refractivity contribution is -0.0504. The van der Waals surface area contributed by atoms with Crippen LogP contribution in [0.15, 0.2) is 23.2 Å². The highest BCUT2D eigenvalue weighted by molar-refractivity contribution is 5.79. The van der Waals surface area contributed by atoms with E-state index in [2.05, 4.69) is 25.3 Å². The molecule has 1 rings (SSSR count). The minimum absolute atomic E-state index is 0.0424. The van der Waals surface area contributed by atoms with Crippen molar-refractivity contribution < 1.29 is 23.0 Å². The lowest BCUT2D eigenvalue weighted by Crippen LogP contribution is -2.42. The fourth-order valence-corrected chi connectivity index (χ4v) is 2.62. The molecule has 0 aliphatic carbocycles. The fourth-order valence-electron chi connectivity index (χ4n) is 2.62. The molecule has 0 heterocycles. The van der Waals surface area contributed by atoms with E-state index in [1.165, 1.54) is 13.2 Å². The van der Waals surface area contributed by atoms with Gasteiger partial charge in [-0.05, 0) is 52.6 Å². The Hall–Kier alpha value is -2.13. The van der Waals surface area contributed by atoms with Crippen LogP contribution in [0.3, 0.4) is 0 Å². The van der Waals surface area contributed by atoms with Gasteiger partial charge < -0.3 is 29.7 Å². The molecule has 0 aliphatic heterocycles. The van der Waals surface area contributed by atoms with Crippen molar-refractivity contribution in [2.24, 2.45) is 4.99 Å². The largest absolute Gasteiger partial charge is 0.497 e. The van der Waals surface area contributed by atoms with Gasteiger partial charge in [0.25, 0.3) is 0 Å². The second-order valence-corrected chi connectivity index (χ2v) is 6.60. The van der Waals surface area contributed by atoms with Crippen LogP contribution in [0.4, 0.5) is 8.78 Å². The van der Waals surface area contributed by atoms with E-state index in [1.54, 1.807) is 12.1 Å². The lowest BCUT2D eigenvalue weighted by atomic mass is 10.2. The van der Waals surface area contributed by atoms with Gasteiger partial charge in [0, 0.05) is 31.8 Å². The minimum Gasteiger partial charge on any atom is -0.497 e. The van der Waals surface area contributed by atoms with Crippen molar-refractivity contribution in [2.75, 3.05) is 47.4 Å². The second kappa shape index (κ2) is 13.9. The number of nitrogens with one attached hydrogen (secondary N) is 2. The summed E-state index contributed by atoms with van der Waals surface area (Å²) >= 11 is 0. The van der Waals surface area contributed by atoms with E-state index in [-0.39, 0.29) is 18.4 Å². The summed E-state index contributed by atoms with van der Waals surface area (Å²) in [6, 6.07) is 4.68. The molecule has 7 nitrogen and oxygen atoms in total. The highest BCUT2D eigenvalue weighted by atomic mass is 19.3. The molecule has 1 atom stereocenters. The van der Waals surface area contributed by atoms with Crippen LogP contribution in [0.1, 0.15) is 25.8 Å². The van der Waals surface area contributed by atoms with E-state index in [0.717, 1.165) is 13.0 Å². The molecule has 0 amide bonds. The summed E-state index contributed by atoms with van der Waals surface area (Å²) in [5.41, 5.74) is 0.510. The Balaban J connectivity index is 2.84. The molecular formula is C20H34F2N4O3. The standard InChI is InChI=1S/C20H34F2N4O3/c1-6-23-20(25-14-17(28-7-2)10-11-26(3)4)24-13-15-12-16(27-5)8-9-18(15)29-19(21)22/h8-9,12,17,19H,6-7,10-11,13-14H2,1-5H3,(H2,23,24,25). The summed E-state index contributed by atoms with van der Waals surface area (Å²) in [6.07, 6.45) is 0.927. The van der Waals surface area contributed by atoms with Gasteiger partial charge >= 0.3 is 6.61 Å². The van der Waals surface area contributed by atoms with Gasteiger partial charge in [0.2, 0.25) is 0 Å². The highest BCUT2D eigenvalue weighted by Gasteiger charge is 2.13. The number of guanidine groups is 1. The molecule has 0 aromatic heterocycles. The predicted octanol–water partition coefficient (Wildman–Crippen LogP) is 2.71. The maximum atomic E-state index is 12.7. The second-order valence-electron chi connectivity index (χ2n) is 6.60. The third-order valence-corrected chi connectivity index (χ3v) is 4.03. The summed E-state index contributed by atoms with van der Waals surface area (Å²) < 4.78 is 40.9. The Morgan fingerprint density at radius 3 is 2.55 bits per heavy atom. The lowest BCUT2D eigenvalue weighted by Gasteiger charge is -2.21. The van der Waals surface area contributed by atoms with Crippen LogP contribution in [0.5, 0.6) is 11.5 Å². The maximum Gasteiger partial charge on any atom is 0.387 e. The van der Waals surface area contributed by atoms with Gasteiger partial charge in [0.15, 0.2) is 5.96 Å². The number of hydrogen-bond donors (Lipinski definition) is 2. The quantitative estimate of drug-likeness (QED) is 0.381. The normalized spacial score (nSPS) is 12.9. The molecule has 9 heteroatoms. The molecule has 1 aromatic carbocycles. The zero-order chi connectivity index (χ0) is 21.6. The monoisotopic (exact) mass is 416 g/mol. The first-order valence-electron chi connectivity index (χ1n) is 9.79. The number of nitrogens with zero attached hydrogens (tertiary/aromatic N) is 2. The van der Waals surface area contributed by atoms with Gasteiger partial charge in [0.1, 0.15) is 11.5 Å². The first-order chi connectivity index (χ1) is 13.9. The van der Waals surface area contributed by atoms with Crippen molar-refractivity contribution in [1.29, 1.82) is 0 Å². The number of ether oxygens (including phenoxy) is 3. The molecule has 0 saturated carbocycles. The third kappa shape index (κ3) is 10.3. The van der Waals surface area contributed by atoms with Gasteiger partial charge in [-0.3, -0.25) is 0 Å². The molecular weight excluding hydrogens is 382 g/mol. The molecule has 1 unspecified atom stereocenters. The first-order valence-corrected chi connectivity index (χ1v) is 9.79. The summed E-state index contributed by atoms with van der Waals surface area (Å²) in [6.45, 7) is 3.99. The molecule has 0 fully saturated rings. The molecule has 0 radical (unpaired) electrons. The predicted molar refractivity (Wildman–Crippen MR) is 111 cm³/mol. The Morgan fingerprint density at radius 1 is 1.21 bits per heavy atom. The zero-order valence-electron chi connectivity index (χ0n) is 18.0. The van der Waals surface area contributed by atoms with Crippen LogP contribution in [0.2, 0.25) is 0 Å². The van der Waals surface area contributed by atoms with Gasteiger partial charge in [0.05, 0.1) is 19.8 Å². The average Bonchev–Trinajstić information content (AvgIpc) is 2.68. The summed E-state index contributed by atoms with van der Waals surface area (Å²) in [5.74, 6) is 1.21. The Kier molecular flexibility index (Phi) is 12.0. The fraction of sp³-hybridized carbons (Fsp3) is 0.650. The van der Waals surface area contributed by atoms with E-state index in [0.29, 0.717) is 37.0 Å². The summed E-state index contributed by atoms with van der Waals surface area (Å²) in [5, 5.41) is 6.42. The van der Waals surface area contributed by atoms with Gasteiger partial charge in [-0.1, -0.05) is 0 Å². The van der Waals surface area contributed by atoms with Gasteiger partial charge in [-0.25, -0.2) is 4.99 Å². The molecule has 0 bridgehead atoms. The Bertz CT molecular complexity index is 615. The smallest absolute Gasteiger partial charge is 0.387 e. The van der Waals surface area contributed by atoms with E-state index in [1.807, 2.05) is 27.9 Å². The van der Waals surface area contributed by atoms with Crippen molar-refractivity contribution in [1.82, 2.24) is 15.5 Å². The number of benzene rings is 1. The number of rotatable bonds is 13. The third-order valence-electron chi connectivity index (χ3n) is 4.03. The number of hydrogen-bond acceptors (Lipinski definition) is 5. The van der Waals surface area contributed by atoms with Crippen LogP contribution in [-0.2, 0) is 11.3 Å². The molecule has 1 aromatic rings. The average molecular weight is 417 g/mol. The number of halogens is 2. The van der Waals surface area contributed by atoms with Crippen molar-refractivity contribution in [2.45, 2.75) is 39.5 Å². The number of methoxy groups -OCH3 is 1. The SMILES string of the molecule is CCNC(=NCc1cc(OC)ccc1OC(F)F)NCC(CCN(C)C)OCC. The van der Waals surface area contributed by atoms with Gasteiger partial charge in [-0.2, -0.15) is 8.78 Å². The Labute approximate surface area is 172 Å². The van der Waals surface area contributed by atoms with Crippen molar-refractivity contribution in [3.05, 3.63) is 23.8 Å². The van der Waals surface area contributed by atoms with E-state index in [4.69, 9.17) is 9.47 Å². The van der Waals surface area contributed by atoms with Crippen LogP contribution < -0.4 is 20.1 Å². The summed E-state index contributed by atoms with van der Waals surface area (Å²) in [4.78, 5) is 6.61. The van der Waals surface area contributed by atoms with Crippen LogP contribution in [0.25, 0.3) is 0 Å². The molecule has 0 aliphatic rings. The zero-order valence-corrected chi connectivity index (χ0v) is 18.0. The van der Waals surface area contributed by atoms with Crippen LogP contribution in [-0.4, -0.2) is 71.0 Å². The Morgan fingerprint density at radius 2 is 1.97 bits per heavy atom. The summed E-state index contributed by atoms with van der Waals surface area (Å²) in [7, 11) is 5.56. The molecule has 29 heavy (non-hydrogen) atoms. The molecule has 2 N–H and O–H groups in total. The molecule has 0 saturated heterocycles. The number of alkyl halides is 2. The van der Waals surface area contributed by atoms with Crippen molar-refractivity contribution in [3.63, 3.8) is 0 Å². The van der Waals surface area contributed by atoms with Crippen molar-refractivity contribution in [3.8, 4) is 11.5 Å². The highest BCUT2D eigenvalue weighted by Crippen LogP contribution is 2.26. The van der Waals surface area contributed by atoms with E-state index in [9.17, 15) is 8.78 Å². The van der Waals surface area contributed by atoms with Crippen LogP contribution in [0, 0.1) is 0 Å². The minimum atomic E-state index is -2.90. The van der Waals surface area contributed by atoms with E-state index >= 15 is 0 Å². The topological polar surface area (TPSA) is 67.4 Å². The molecule has 166 valence electrons. The number of aliphatic imine (C=N–C) groups is 1. The van der Waals surface area contributed by atoms with Crippen molar-refractivity contribution >= 4 is 5.96 Å². The molecule has 0 spiro atoms. The van der Waals surface area contributed by atoms with E-state index < -0.39 is 6.61 Å². The van der Waals surface area contributed by atoms with Crippen LogP contribution >= 0.6 is 0 Å².